The van der Waals surface area contributed by atoms with Gasteiger partial charge in [0.1, 0.15) is 0 Å². The van der Waals surface area contributed by atoms with Crippen molar-refractivity contribution in [2.45, 2.75) is 49.4 Å². The summed E-state index contributed by atoms with van der Waals surface area (Å²) >= 11 is 15.9. The fourth-order valence-electron chi connectivity index (χ4n) is 2.03. The maximum atomic E-state index is 11.5. The molecule has 0 unspecified atom stereocenters. The molecule has 0 radical (unpaired) electrons. The van der Waals surface area contributed by atoms with Gasteiger partial charge in [0.05, 0.1) is 113 Å². The summed E-state index contributed by atoms with van der Waals surface area (Å²) in [6, 6.07) is 0. The van der Waals surface area contributed by atoms with Crippen molar-refractivity contribution in [2.75, 3.05) is 113 Å². The van der Waals surface area contributed by atoms with E-state index in [1.165, 1.54) is 113 Å². The van der Waals surface area contributed by atoms with E-state index in [-0.39, 0.29) is 0 Å². The van der Waals surface area contributed by atoms with Gasteiger partial charge in [0, 0.05) is 27.8 Å². The predicted molar refractivity (Wildman–Crippen MR) is 273 cm³/mol. The summed E-state index contributed by atoms with van der Waals surface area (Å²) in [5, 5.41) is 0. The minimum absolute atomic E-state index is 0.819. The molecule has 0 spiro atoms. The first-order valence-corrected chi connectivity index (χ1v) is 30.4. The average molecular weight is 1590 g/mol. The van der Waals surface area contributed by atoms with E-state index in [4.69, 9.17) is 57.4 Å². The van der Waals surface area contributed by atoms with Crippen molar-refractivity contribution in [1.29, 1.82) is 0 Å². The molecule has 0 bridgehead atoms. The van der Waals surface area contributed by atoms with Gasteiger partial charge in [-0.1, -0.05) is 45.0 Å². The molecule has 0 aliphatic heterocycles. The second-order valence-corrected chi connectivity index (χ2v) is 24.4. The van der Waals surface area contributed by atoms with E-state index in [0.717, 1.165) is 36.6 Å². The highest BCUT2D eigenvalue weighted by Crippen LogP contribution is 2.30. The number of alkyl halides is 24. The Balaban J connectivity index is -0.0000000764. The third-order valence-corrected chi connectivity index (χ3v) is 6.18. The van der Waals surface area contributed by atoms with Crippen LogP contribution >= 0.6 is 72.8 Å². The highest BCUT2D eigenvalue weighted by atomic mass is 35.7. The SMILES string of the molecule is C[N+](C)=C(N)C(F)(F)F.C[N+](C)=C(N)C(F)(F)F.C[N+](C)=C(N)C(F)(F)F.C[N+](C)=C(N)C(F)(F)F.C[N+](C)=C(N)C(F)(F)F.C[N+](C)=C(N)C(F)(F)F.C[N+](C)=C(N)C(F)(F)F.C[N+](C)=C(N)C(F)(F)F.O=P([O-])([O-])Cl.O=P([O-])([O-])Cl.O=P([O-])([O-])Cl.O=P([O-])([O-])Cl. The smallest absolute Gasteiger partial charge is 0.493 e. The Hall–Kier alpha value is -4.16. The molecule has 0 aromatic rings. The largest absolute Gasteiger partial charge is 0.799 e. The van der Waals surface area contributed by atoms with Crippen molar-refractivity contribution in [1.82, 2.24) is 0 Å². The number of nitrogens with two attached hydrogens (primary N) is 8. The Morgan fingerprint density at radius 1 is 0.217 bits per heavy atom. The Morgan fingerprint density at radius 3 is 0.250 bits per heavy atom. The molecule has 0 heterocycles. The first-order valence-electron chi connectivity index (χ1n) is 20.7. The molecule has 0 rings (SSSR count). The van der Waals surface area contributed by atoms with Gasteiger partial charge < -0.3 is 57.4 Å². The molecule has 0 aromatic heterocycles. The minimum Gasteiger partial charge on any atom is -0.799 e. The molecule has 28 nitrogen and oxygen atoms in total. The molecule has 0 atom stereocenters. The highest BCUT2D eigenvalue weighted by Gasteiger charge is 2.44. The van der Waals surface area contributed by atoms with Crippen LogP contribution in [0.3, 0.4) is 0 Å². The third-order valence-electron chi connectivity index (χ3n) is 6.18. The van der Waals surface area contributed by atoms with E-state index in [9.17, 15) is 105 Å². The third kappa shape index (κ3) is 107. The number of hydrogen-bond acceptors (Lipinski definition) is 12. The van der Waals surface area contributed by atoms with Crippen LogP contribution in [0.2, 0.25) is 0 Å². The summed E-state index contributed by atoms with van der Waals surface area (Å²) in [5.74, 6) is -8.65. The highest BCUT2D eigenvalue weighted by molar-refractivity contribution is 7.78. The lowest BCUT2D eigenvalue weighted by molar-refractivity contribution is -0.474. The van der Waals surface area contributed by atoms with Crippen molar-refractivity contribution in [3.05, 3.63) is 0 Å². The number of amidine groups is 8. The summed E-state index contributed by atoms with van der Waals surface area (Å²) in [5.41, 5.74) is 36.9. The van der Waals surface area contributed by atoms with E-state index in [1.807, 2.05) is 0 Å². The number of rotatable bonds is 0. The number of nitrogens with zero attached hydrogens (tertiary/aromatic N) is 8. The lowest BCUT2D eigenvalue weighted by atomic mass is 10.6. The van der Waals surface area contributed by atoms with E-state index in [1.54, 1.807) is 0 Å². The zero-order chi connectivity index (χ0) is 79.2. The first kappa shape index (κ1) is 115. The van der Waals surface area contributed by atoms with Crippen molar-refractivity contribution in [3.8, 4) is 0 Å². The predicted octanol–water partition coefficient (Wildman–Crippen LogP) is -2.36. The van der Waals surface area contributed by atoms with Gasteiger partial charge >= 0.3 is 96.1 Å². The summed E-state index contributed by atoms with van der Waals surface area (Å²) in [6.45, 7) is -18.7. The van der Waals surface area contributed by atoms with Crippen LogP contribution in [0.5, 0.6) is 0 Å². The topological polar surface area (TPSA) is 485 Å². The van der Waals surface area contributed by atoms with Gasteiger partial charge in [-0.2, -0.15) is 105 Å². The fourth-order valence-corrected chi connectivity index (χ4v) is 2.03. The number of hydrogen-bond donors (Lipinski definition) is 8. The molecule has 0 saturated carbocycles. The van der Waals surface area contributed by atoms with Crippen molar-refractivity contribution < 1.29 is 199 Å². The zero-order valence-electron chi connectivity index (χ0n) is 49.5. The van der Waals surface area contributed by atoms with Crippen LogP contribution in [0.1, 0.15) is 0 Å². The van der Waals surface area contributed by atoms with Gasteiger partial charge in [-0.15, -0.1) is 0 Å². The molecule has 0 amide bonds. The Morgan fingerprint density at radius 2 is 0.250 bits per heavy atom. The van der Waals surface area contributed by atoms with E-state index < -0.39 is 124 Å². The van der Waals surface area contributed by atoms with Crippen LogP contribution in [0.25, 0.3) is 0 Å². The second-order valence-electron chi connectivity index (χ2n) is 15.9. The first-order chi connectivity index (χ1) is 38.8. The minimum atomic E-state index is -4.67. The Bertz CT molecular complexity index is 2090. The Kier molecular flexibility index (Phi) is 59.7. The second kappa shape index (κ2) is 47.7. The Labute approximate surface area is 525 Å². The summed E-state index contributed by atoms with van der Waals surface area (Å²) < 4.78 is 318. The van der Waals surface area contributed by atoms with E-state index in [0.29, 0.717) is 0 Å². The van der Waals surface area contributed by atoms with Gasteiger partial charge in [-0.25, -0.2) is 0 Å². The maximum Gasteiger partial charge on any atom is 0.493 e. The van der Waals surface area contributed by atoms with Crippen LogP contribution in [-0.4, -0.2) is 245 Å². The zero-order valence-corrected chi connectivity index (χ0v) is 56.1. The molecule has 16 N–H and O–H groups in total. The van der Waals surface area contributed by atoms with Crippen LogP contribution in [-0.2, 0) is 18.3 Å². The van der Waals surface area contributed by atoms with Crippen LogP contribution in [0.4, 0.5) is 105 Å². The molecule has 0 aliphatic rings. The standard InChI is InChI=1S/8C4H7F3N2.4ClH2O3P/c8*1-9(2)3(8)4(5,6)7;4*1-5(2,3)4/h8*8H,1-2H3;4*(H2,2,3,4). The van der Waals surface area contributed by atoms with Crippen molar-refractivity contribution >= 4 is 119 Å². The molecule has 0 saturated heterocycles. The summed E-state index contributed by atoms with van der Waals surface area (Å²) in [4.78, 5) is 71.0. The normalized spacial score (nSPS) is 11.3. The lowest BCUT2D eigenvalue weighted by Gasteiger charge is -2.18. The van der Waals surface area contributed by atoms with Gasteiger partial charge in [-0.05, 0) is 0 Å². The van der Waals surface area contributed by atoms with Crippen molar-refractivity contribution in [3.63, 3.8) is 0 Å². The average Bonchev–Trinajstić information content (AvgIpc) is 3.23. The van der Waals surface area contributed by atoms with Crippen LogP contribution < -0.4 is 85.0 Å². The molecule has 560 valence electrons. The molecule has 0 aromatic carbocycles. The van der Waals surface area contributed by atoms with E-state index >= 15 is 0 Å². The maximum absolute atomic E-state index is 11.5. The van der Waals surface area contributed by atoms with Gasteiger partial charge in [0.25, 0.3) is 0 Å². The van der Waals surface area contributed by atoms with Crippen LogP contribution in [0, 0.1) is 0 Å². The number of halogens is 28. The van der Waals surface area contributed by atoms with Crippen molar-refractivity contribution in [2.24, 2.45) is 45.9 Å². The molecular formula is C32H64Cl4F24N16O12P4. The summed E-state index contributed by atoms with van der Waals surface area (Å²) in [7, 11) is 19.8. The molecular weight excluding hydrogens is 1520 g/mol. The molecule has 0 fully saturated rings. The van der Waals surface area contributed by atoms with Gasteiger partial charge in [0.2, 0.25) is 0 Å². The monoisotopic (exact) mass is 1580 g/mol. The van der Waals surface area contributed by atoms with E-state index in [2.05, 4.69) is 90.8 Å². The lowest BCUT2D eigenvalue weighted by Crippen LogP contribution is -2.37. The quantitative estimate of drug-likeness (QED) is 0.0413. The van der Waals surface area contributed by atoms with Crippen LogP contribution in [0.15, 0.2) is 0 Å². The molecule has 0 aliphatic carbocycles. The van der Waals surface area contributed by atoms with Gasteiger partial charge in [0.15, 0.2) is 0 Å². The van der Waals surface area contributed by atoms with Gasteiger partial charge in [-0.3, -0.25) is 82.5 Å². The molecule has 92 heavy (non-hydrogen) atoms. The fraction of sp³-hybridized carbons (Fsp3) is 0.750. The molecule has 60 heteroatoms. The summed E-state index contributed by atoms with van der Waals surface area (Å²) in [6.07, 6.45) is -35.2.